The molecule has 0 aliphatic carbocycles. The number of hydrogen-bond donors (Lipinski definition) is 1. The molecule has 2 amide bonds. The fourth-order valence-corrected chi connectivity index (χ4v) is 3.41. The lowest BCUT2D eigenvalue weighted by atomic mass is 10.1. The van der Waals surface area contributed by atoms with Gasteiger partial charge in [0.05, 0.1) is 16.4 Å². The van der Waals surface area contributed by atoms with Gasteiger partial charge in [-0.3, -0.25) is 0 Å². The lowest BCUT2D eigenvalue weighted by Crippen LogP contribution is -2.50. The second kappa shape index (κ2) is 8.45. The molecule has 0 bridgehead atoms. The number of carbonyl (C=O) groups excluding carboxylic acids is 1. The molecule has 4 rings (SSSR count). The lowest BCUT2D eigenvalue weighted by molar-refractivity contribution is 0.208. The summed E-state index contributed by atoms with van der Waals surface area (Å²) in [6, 6.07) is 17.7. The normalized spacial score (nSPS) is 14.0. The third kappa shape index (κ3) is 4.30. The molecule has 1 saturated heterocycles. The topological polar surface area (TPSA) is 61.4 Å². The van der Waals surface area contributed by atoms with Crippen molar-refractivity contribution in [1.82, 2.24) is 15.1 Å². The Morgan fingerprint density at radius 2 is 1.69 bits per heavy atom. The van der Waals surface area contributed by atoms with Crippen molar-refractivity contribution in [2.75, 3.05) is 36.4 Å². The molecular formula is C21H19ClFN5O. The summed E-state index contributed by atoms with van der Waals surface area (Å²) < 4.78 is 13.9. The molecule has 0 spiro atoms. The summed E-state index contributed by atoms with van der Waals surface area (Å²) in [7, 11) is 0. The minimum atomic E-state index is -0.557. The van der Waals surface area contributed by atoms with Crippen LogP contribution < -0.4 is 10.2 Å². The Bertz CT molecular complexity index is 971. The van der Waals surface area contributed by atoms with Crippen LogP contribution in [0.1, 0.15) is 0 Å². The maximum absolute atomic E-state index is 13.9. The average molecular weight is 412 g/mol. The standard InChI is InChI=1S/C21H19ClFN5O/c22-16-7-4-8-17(23)20(16)24-21(29)28-13-11-27(12-14-28)19-10-9-18(25-26-19)15-5-2-1-3-6-15/h1-10H,11-14H2,(H,24,29). The first kappa shape index (κ1) is 19.1. The van der Waals surface area contributed by atoms with E-state index < -0.39 is 5.82 Å². The SMILES string of the molecule is O=C(Nc1c(F)cccc1Cl)N1CCN(c2ccc(-c3ccccc3)nn2)CC1. The molecule has 1 fully saturated rings. The first-order valence-electron chi connectivity index (χ1n) is 9.26. The summed E-state index contributed by atoms with van der Waals surface area (Å²) >= 11 is 5.98. The summed E-state index contributed by atoms with van der Waals surface area (Å²) in [4.78, 5) is 16.2. The van der Waals surface area contributed by atoms with Crippen molar-refractivity contribution in [2.45, 2.75) is 0 Å². The van der Waals surface area contributed by atoms with Crippen molar-refractivity contribution in [3.8, 4) is 11.3 Å². The van der Waals surface area contributed by atoms with Crippen LogP contribution in [-0.2, 0) is 0 Å². The van der Waals surface area contributed by atoms with E-state index in [1.165, 1.54) is 18.2 Å². The Morgan fingerprint density at radius 1 is 0.931 bits per heavy atom. The van der Waals surface area contributed by atoms with Gasteiger partial charge in [0, 0.05) is 31.7 Å². The summed E-state index contributed by atoms with van der Waals surface area (Å²) in [5.74, 6) is 0.208. The highest BCUT2D eigenvalue weighted by Gasteiger charge is 2.23. The number of hydrogen-bond acceptors (Lipinski definition) is 4. The predicted octanol–water partition coefficient (Wildman–Crippen LogP) is 4.29. The third-order valence-electron chi connectivity index (χ3n) is 4.81. The van der Waals surface area contributed by atoms with Gasteiger partial charge in [-0.1, -0.05) is 48.0 Å². The zero-order valence-corrected chi connectivity index (χ0v) is 16.3. The number of nitrogens with zero attached hydrogens (tertiary/aromatic N) is 4. The third-order valence-corrected chi connectivity index (χ3v) is 5.12. The fraction of sp³-hybridized carbons (Fsp3) is 0.190. The molecule has 0 unspecified atom stereocenters. The first-order chi connectivity index (χ1) is 14.1. The number of rotatable bonds is 3. The Balaban J connectivity index is 1.36. The molecule has 8 heteroatoms. The van der Waals surface area contributed by atoms with Crippen LogP contribution in [0.15, 0.2) is 60.7 Å². The van der Waals surface area contributed by atoms with Crippen molar-refractivity contribution < 1.29 is 9.18 Å². The second-order valence-electron chi connectivity index (χ2n) is 6.64. The van der Waals surface area contributed by atoms with Gasteiger partial charge in [-0.25, -0.2) is 9.18 Å². The van der Waals surface area contributed by atoms with Gasteiger partial charge in [-0.2, -0.15) is 0 Å². The van der Waals surface area contributed by atoms with Crippen LogP contribution in [0.3, 0.4) is 0 Å². The summed E-state index contributed by atoms with van der Waals surface area (Å²) in [5.41, 5.74) is 1.83. The van der Waals surface area contributed by atoms with E-state index in [9.17, 15) is 9.18 Å². The highest BCUT2D eigenvalue weighted by atomic mass is 35.5. The lowest BCUT2D eigenvalue weighted by Gasteiger charge is -2.35. The number of nitrogens with one attached hydrogen (secondary N) is 1. The van der Waals surface area contributed by atoms with E-state index in [4.69, 9.17) is 11.6 Å². The number of carbonyl (C=O) groups is 1. The van der Waals surface area contributed by atoms with E-state index in [1.807, 2.05) is 42.5 Å². The largest absolute Gasteiger partial charge is 0.352 e. The number of halogens is 2. The summed E-state index contributed by atoms with van der Waals surface area (Å²) in [5, 5.41) is 11.4. The zero-order valence-electron chi connectivity index (χ0n) is 15.6. The molecule has 6 nitrogen and oxygen atoms in total. The van der Waals surface area contributed by atoms with Gasteiger partial charge in [0.2, 0.25) is 0 Å². The van der Waals surface area contributed by atoms with E-state index in [1.54, 1.807) is 4.90 Å². The van der Waals surface area contributed by atoms with Gasteiger partial charge in [0.25, 0.3) is 0 Å². The van der Waals surface area contributed by atoms with Crippen LogP contribution in [0.25, 0.3) is 11.3 Å². The molecular weight excluding hydrogens is 393 g/mol. The van der Waals surface area contributed by atoms with Crippen LogP contribution in [0.2, 0.25) is 5.02 Å². The van der Waals surface area contributed by atoms with Crippen LogP contribution in [0.4, 0.5) is 20.7 Å². The minimum absolute atomic E-state index is 0.00367. The summed E-state index contributed by atoms with van der Waals surface area (Å²) in [6.45, 7) is 2.19. The number of aromatic nitrogens is 2. The number of para-hydroxylation sites is 1. The number of anilines is 2. The molecule has 0 saturated carbocycles. The molecule has 148 valence electrons. The van der Waals surface area contributed by atoms with Crippen LogP contribution in [0, 0.1) is 5.82 Å². The molecule has 0 radical (unpaired) electrons. The van der Waals surface area contributed by atoms with Crippen molar-refractivity contribution in [3.05, 3.63) is 71.5 Å². The van der Waals surface area contributed by atoms with Crippen molar-refractivity contribution in [2.24, 2.45) is 0 Å². The molecule has 1 N–H and O–H groups in total. The van der Waals surface area contributed by atoms with E-state index in [0.29, 0.717) is 26.2 Å². The monoisotopic (exact) mass is 411 g/mol. The molecule has 1 aliphatic rings. The Kier molecular flexibility index (Phi) is 5.57. The van der Waals surface area contributed by atoms with Crippen LogP contribution >= 0.6 is 11.6 Å². The number of amides is 2. The molecule has 3 aromatic rings. The highest BCUT2D eigenvalue weighted by molar-refractivity contribution is 6.33. The van der Waals surface area contributed by atoms with E-state index in [2.05, 4.69) is 20.4 Å². The zero-order chi connectivity index (χ0) is 20.2. The van der Waals surface area contributed by atoms with Gasteiger partial charge < -0.3 is 15.1 Å². The molecule has 0 atom stereocenters. The Labute approximate surface area is 172 Å². The Hall–Kier alpha value is -3.19. The second-order valence-corrected chi connectivity index (χ2v) is 7.05. The van der Waals surface area contributed by atoms with Gasteiger partial charge >= 0.3 is 6.03 Å². The predicted molar refractivity (Wildman–Crippen MR) is 112 cm³/mol. The van der Waals surface area contributed by atoms with Crippen molar-refractivity contribution >= 4 is 29.1 Å². The fourth-order valence-electron chi connectivity index (χ4n) is 3.20. The first-order valence-corrected chi connectivity index (χ1v) is 9.63. The van der Waals surface area contributed by atoms with Gasteiger partial charge in [-0.15, -0.1) is 10.2 Å². The maximum Gasteiger partial charge on any atom is 0.322 e. The van der Waals surface area contributed by atoms with E-state index in [0.717, 1.165) is 17.1 Å². The van der Waals surface area contributed by atoms with Crippen molar-refractivity contribution in [1.29, 1.82) is 0 Å². The molecule has 1 aliphatic heterocycles. The number of benzene rings is 2. The molecule has 1 aromatic heterocycles. The van der Waals surface area contributed by atoms with Crippen LogP contribution in [0.5, 0.6) is 0 Å². The quantitative estimate of drug-likeness (QED) is 0.698. The van der Waals surface area contributed by atoms with Crippen LogP contribution in [-0.4, -0.2) is 47.3 Å². The Morgan fingerprint density at radius 3 is 2.34 bits per heavy atom. The smallest absolute Gasteiger partial charge is 0.322 e. The molecule has 2 aromatic carbocycles. The minimum Gasteiger partial charge on any atom is -0.352 e. The average Bonchev–Trinajstić information content (AvgIpc) is 2.77. The maximum atomic E-state index is 13.9. The summed E-state index contributed by atoms with van der Waals surface area (Å²) in [6.07, 6.45) is 0. The molecule has 2 heterocycles. The van der Waals surface area contributed by atoms with Gasteiger partial charge in [0.1, 0.15) is 5.82 Å². The number of urea groups is 1. The van der Waals surface area contributed by atoms with Gasteiger partial charge in [0.15, 0.2) is 5.82 Å². The van der Waals surface area contributed by atoms with Crippen molar-refractivity contribution in [3.63, 3.8) is 0 Å². The van der Waals surface area contributed by atoms with E-state index in [-0.39, 0.29) is 16.7 Å². The van der Waals surface area contributed by atoms with Gasteiger partial charge in [-0.05, 0) is 24.3 Å². The highest BCUT2D eigenvalue weighted by Crippen LogP contribution is 2.25. The number of piperazine rings is 1. The van der Waals surface area contributed by atoms with E-state index >= 15 is 0 Å². The molecule has 29 heavy (non-hydrogen) atoms.